The predicted molar refractivity (Wildman–Crippen MR) is 171 cm³/mol. The molecule has 10 heteroatoms. The van der Waals surface area contributed by atoms with Crippen molar-refractivity contribution in [3.63, 3.8) is 0 Å². The molecule has 0 fully saturated rings. The van der Waals surface area contributed by atoms with Gasteiger partial charge < -0.3 is 10.2 Å². The Kier molecular flexibility index (Phi) is 11.1. The van der Waals surface area contributed by atoms with Crippen molar-refractivity contribution in [1.82, 2.24) is 10.2 Å². The molecule has 0 saturated carbocycles. The third-order valence-corrected chi connectivity index (χ3v) is 8.98. The van der Waals surface area contributed by atoms with Gasteiger partial charge in [0.2, 0.25) is 11.8 Å². The molecule has 0 bridgehead atoms. The molecule has 4 aromatic rings. The standard InChI is InChI=1S/C34H35ClFN3O4S/c1-25(2)22-37-34(41)32(21-26-11-5-3-6-12-26)38(23-27-17-19-28(35)20-18-27)33(40)24-39(31-16-10-9-15-30(31)36)44(42,43)29-13-7-4-8-14-29/h3-20,25,32H,21-24H2,1-2H3,(H,37,41). The average Bonchev–Trinajstić information content (AvgIpc) is 3.02. The Morgan fingerprint density at radius 2 is 1.41 bits per heavy atom. The zero-order valence-corrected chi connectivity index (χ0v) is 26.1. The molecule has 1 atom stereocenters. The number of carbonyl (C=O) groups is 2. The van der Waals surface area contributed by atoms with Crippen molar-refractivity contribution < 1.29 is 22.4 Å². The van der Waals surface area contributed by atoms with Gasteiger partial charge in [0, 0.05) is 24.5 Å². The van der Waals surface area contributed by atoms with Gasteiger partial charge in [0.15, 0.2) is 0 Å². The van der Waals surface area contributed by atoms with E-state index in [4.69, 9.17) is 11.6 Å². The zero-order chi connectivity index (χ0) is 31.7. The summed E-state index contributed by atoms with van der Waals surface area (Å²) in [6.45, 7) is 3.55. The van der Waals surface area contributed by atoms with Crippen LogP contribution in [0.5, 0.6) is 0 Å². The Morgan fingerprint density at radius 3 is 2.02 bits per heavy atom. The molecule has 7 nitrogen and oxygen atoms in total. The van der Waals surface area contributed by atoms with E-state index in [9.17, 15) is 18.0 Å². The highest BCUT2D eigenvalue weighted by Crippen LogP contribution is 2.27. The molecule has 1 unspecified atom stereocenters. The first-order valence-corrected chi connectivity index (χ1v) is 16.1. The van der Waals surface area contributed by atoms with E-state index in [2.05, 4.69) is 5.32 Å². The smallest absolute Gasteiger partial charge is 0.264 e. The van der Waals surface area contributed by atoms with Gasteiger partial charge in [-0.15, -0.1) is 0 Å². The molecule has 44 heavy (non-hydrogen) atoms. The van der Waals surface area contributed by atoms with Crippen LogP contribution in [-0.4, -0.2) is 44.3 Å². The van der Waals surface area contributed by atoms with Crippen molar-refractivity contribution in [2.24, 2.45) is 5.92 Å². The number of anilines is 1. The maximum Gasteiger partial charge on any atom is 0.264 e. The fourth-order valence-electron chi connectivity index (χ4n) is 4.65. The van der Waals surface area contributed by atoms with Crippen LogP contribution in [-0.2, 0) is 32.6 Å². The van der Waals surface area contributed by atoms with E-state index < -0.39 is 34.3 Å². The lowest BCUT2D eigenvalue weighted by Gasteiger charge is -2.34. The summed E-state index contributed by atoms with van der Waals surface area (Å²) in [7, 11) is -4.38. The Bertz CT molecular complexity index is 1650. The van der Waals surface area contributed by atoms with Crippen LogP contribution in [0.4, 0.5) is 10.1 Å². The molecule has 0 aromatic heterocycles. The number of nitrogens with one attached hydrogen (secondary N) is 1. The van der Waals surface area contributed by atoms with E-state index in [1.807, 2.05) is 44.2 Å². The second-order valence-electron chi connectivity index (χ2n) is 10.8. The summed E-state index contributed by atoms with van der Waals surface area (Å²) >= 11 is 6.11. The van der Waals surface area contributed by atoms with Crippen LogP contribution in [0.2, 0.25) is 5.02 Å². The predicted octanol–water partition coefficient (Wildman–Crippen LogP) is 6.09. The van der Waals surface area contributed by atoms with Gasteiger partial charge in [-0.2, -0.15) is 0 Å². The van der Waals surface area contributed by atoms with Crippen LogP contribution < -0.4 is 9.62 Å². The number of hydrogen-bond acceptors (Lipinski definition) is 4. The molecule has 4 aromatic carbocycles. The second kappa shape index (κ2) is 15.0. The van der Waals surface area contributed by atoms with Crippen molar-refractivity contribution in [3.8, 4) is 0 Å². The molecule has 0 aliphatic carbocycles. The van der Waals surface area contributed by atoms with Crippen LogP contribution >= 0.6 is 11.6 Å². The van der Waals surface area contributed by atoms with Crippen molar-refractivity contribution in [3.05, 3.63) is 131 Å². The van der Waals surface area contributed by atoms with Crippen molar-refractivity contribution in [1.29, 1.82) is 0 Å². The Balaban J connectivity index is 1.79. The minimum atomic E-state index is -4.38. The number of sulfonamides is 1. The Labute approximate surface area is 263 Å². The molecular formula is C34H35ClFN3O4S. The molecule has 230 valence electrons. The monoisotopic (exact) mass is 635 g/mol. The maximum absolute atomic E-state index is 15.2. The van der Waals surface area contributed by atoms with Crippen LogP contribution in [0.25, 0.3) is 0 Å². The maximum atomic E-state index is 15.2. The molecule has 0 saturated heterocycles. The van der Waals surface area contributed by atoms with Gasteiger partial charge in [0.1, 0.15) is 18.4 Å². The lowest BCUT2D eigenvalue weighted by molar-refractivity contribution is -0.140. The van der Waals surface area contributed by atoms with Crippen LogP contribution in [0.15, 0.2) is 114 Å². The van der Waals surface area contributed by atoms with E-state index in [0.717, 1.165) is 15.9 Å². The summed E-state index contributed by atoms with van der Waals surface area (Å²) in [6, 6.07) is 28.0. The molecule has 0 aliphatic rings. The Morgan fingerprint density at radius 1 is 0.818 bits per heavy atom. The highest BCUT2D eigenvalue weighted by molar-refractivity contribution is 7.92. The quantitative estimate of drug-likeness (QED) is 0.193. The molecule has 0 aliphatic heterocycles. The highest BCUT2D eigenvalue weighted by Gasteiger charge is 2.35. The van der Waals surface area contributed by atoms with E-state index in [1.54, 1.807) is 42.5 Å². The van der Waals surface area contributed by atoms with Gasteiger partial charge in [0.25, 0.3) is 10.0 Å². The lowest BCUT2D eigenvalue weighted by Crippen LogP contribution is -2.53. The normalized spacial score (nSPS) is 12.0. The number of nitrogens with zero attached hydrogens (tertiary/aromatic N) is 2. The summed E-state index contributed by atoms with van der Waals surface area (Å²) in [5.41, 5.74) is 1.22. The summed E-state index contributed by atoms with van der Waals surface area (Å²) in [5, 5.41) is 3.44. The highest BCUT2D eigenvalue weighted by atomic mass is 35.5. The van der Waals surface area contributed by atoms with Crippen molar-refractivity contribution in [2.45, 2.75) is 37.8 Å². The van der Waals surface area contributed by atoms with Crippen molar-refractivity contribution >= 4 is 39.1 Å². The first-order chi connectivity index (χ1) is 21.1. The fourth-order valence-corrected chi connectivity index (χ4v) is 6.22. The summed E-state index contributed by atoms with van der Waals surface area (Å²) in [5.74, 6) is -1.71. The molecular weight excluding hydrogens is 601 g/mol. The first kappa shape index (κ1) is 32.7. The number of carbonyl (C=O) groups excluding carboxylic acids is 2. The van der Waals surface area contributed by atoms with E-state index in [1.165, 1.54) is 35.2 Å². The largest absolute Gasteiger partial charge is 0.354 e. The van der Waals surface area contributed by atoms with Gasteiger partial charge in [0.05, 0.1) is 10.6 Å². The fraction of sp³-hybridized carbons (Fsp3) is 0.235. The third-order valence-electron chi connectivity index (χ3n) is 6.95. The number of benzene rings is 4. The average molecular weight is 636 g/mol. The molecule has 4 rings (SSSR count). The minimum Gasteiger partial charge on any atom is -0.354 e. The summed E-state index contributed by atoms with van der Waals surface area (Å²) in [6.07, 6.45) is 0.176. The van der Waals surface area contributed by atoms with Crippen LogP contribution in [0.1, 0.15) is 25.0 Å². The van der Waals surface area contributed by atoms with E-state index >= 15 is 4.39 Å². The number of para-hydroxylation sites is 1. The van der Waals surface area contributed by atoms with Gasteiger partial charge in [-0.05, 0) is 53.4 Å². The molecule has 0 spiro atoms. The number of halogens is 2. The van der Waals surface area contributed by atoms with Crippen LogP contribution in [0, 0.1) is 11.7 Å². The SMILES string of the molecule is CC(C)CNC(=O)C(Cc1ccccc1)N(Cc1ccc(Cl)cc1)C(=O)CN(c1ccccc1F)S(=O)(=O)c1ccccc1. The zero-order valence-electron chi connectivity index (χ0n) is 24.6. The number of amides is 2. The molecule has 0 radical (unpaired) electrons. The van der Waals surface area contributed by atoms with Crippen molar-refractivity contribution in [2.75, 3.05) is 17.4 Å². The number of rotatable bonds is 13. The van der Waals surface area contributed by atoms with E-state index in [0.29, 0.717) is 17.1 Å². The minimum absolute atomic E-state index is 0.0148. The first-order valence-electron chi connectivity index (χ1n) is 14.2. The van der Waals surface area contributed by atoms with Gasteiger partial charge >= 0.3 is 0 Å². The van der Waals surface area contributed by atoms with Gasteiger partial charge in [-0.25, -0.2) is 12.8 Å². The van der Waals surface area contributed by atoms with Crippen LogP contribution in [0.3, 0.4) is 0 Å². The topological polar surface area (TPSA) is 86.8 Å². The van der Waals surface area contributed by atoms with E-state index in [-0.39, 0.29) is 35.4 Å². The Hall–Kier alpha value is -4.21. The third kappa shape index (κ3) is 8.45. The number of hydrogen-bond donors (Lipinski definition) is 1. The lowest BCUT2D eigenvalue weighted by atomic mass is 10.0. The summed E-state index contributed by atoms with van der Waals surface area (Å²) in [4.78, 5) is 29.4. The van der Waals surface area contributed by atoms with Gasteiger partial charge in [-0.1, -0.05) is 98.2 Å². The molecule has 0 heterocycles. The van der Waals surface area contributed by atoms with Gasteiger partial charge in [-0.3, -0.25) is 13.9 Å². The molecule has 2 amide bonds. The molecule has 1 N–H and O–H groups in total. The second-order valence-corrected chi connectivity index (χ2v) is 13.1. The summed E-state index contributed by atoms with van der Waals surface area (Å²) < 4.78 is 43.7.